The molecular formula is C25H30N4. The van der Waals surface area contributed by atoms with Crippen LogP contribution in [0.15, 0.2) is 66.7 Å². The highest BCUT2D eigenvalue weighted by Gasteiger charge is 2.41. The molecule has 2 aromatic carbocycles. The number of rotatable bonds is 6. The number of piperidine rings is 3. The average molecular weight is 387 g/mol. The average Bonchev–Trinajstić information content (AvgIpc) is 3.17. The van der Waals surface area contributed by atoms with Gasteiger partial charge in [-0.1, -0.05) is 60.7 Å². The van der Waals surface area contributed by atoms with E-state index in [1.54, 1.807) is 0 Å². The van der Waals surface area contributed by atoms with E-state index in [9.17, 15) is 0 Å². The Balaban J connectivity index is 1.24. The van der Waals surface area contributed by atoms with Gasteiger partial charge in [-0.3, -0.25) is 9.58 Å². The number of aromatic nitrogens is 2. The second-order valence-corrected chi connectivity index (χ2v) is 8.60. The van der Waals surface area contributed by atoms with E-state index in [0.717, 1.165) is 31.2 Å². The SMILES string of the molecule is Cn1nc(-c2ccccc2)cc1[C@H]1CN2CC[C@H]1C[C@@H]2CNCc1ccccc1. The first kappa shape index (κ1) is 18.6. The summed E-state index contributed by atoms with van der Waals surface area (Å²) in [4.78, 5) is 2.71. The van der Waals surface area contributed by atoms with Gasteiger partial charge in [-0.25, -0.2) is 0 Å². The molecule has 3 aromatic rings. The van der Waals surface area contributed by atoms with Crippen LogP contribution in [-0.2, 0) is 13.6 Å². The van der Waals surface area contributed by atoms with Crippen molar-refractivity contribution < 1.29 is 0 Å². The third kappa shape index (κ3) is 3.87. The van der Waals surface area contributed by atoms with E-state index in [0.29, 0.717) is 12.0 Å². The van der Waals surface area contributed by atoms with E-state index >= 15 is 0 Å². The second kappa shape index (κ2) is 8.13. The zero-order chi connectivity index (χ0) is 19.6. The number of fused-ring (bicyclic) bond motifs is 3. The van der Waals surface area contributed by atoms with E-state index < -0.39 is 0 Å². The van der Waals surface area contributed by atoms with Crippen LogP contribution in [0.4, 0.5) is 0 Å². The third-order valence-corrected chi connectivity index (χ3v) is 6.80. The minimum atomic E-state index is 0.601. The van der Waals surface area contributed by atoms with E-state index in [1.165, 1.54) is 36.2 Å². The molecule has 1 aromatic heterocycles. The van der Waals surface area contributed by atoms with Gasteiger partial charge in [-0.2, -0.15) is 5.10 Å². The van der Waals surface area contributed by atoms with Gasteiger partial charge in [0.05, 0.1) is 5.69 Å². The van der Waals surface area contributed by atoms with Gasteiger partial charge in [0.1, 0.15) is 0 Å². The molecule has 1 N–H and O–H groups in total. The van der Waals surface area contributed by atoms with E-state index in [1.807, 2.05) is 0 Å². The molecule has 4 atom stereocenters. The van der Waals surface area contributed by atoms with Gasteiger partial charge in [0.15, 0.2) is 0 Å². The molecule has 150 valence electrons. The summed E-state index contributed by atoms with van der Waals surface area (Å²) in [6.07, 6.45) is 2.60. The van der Waals surface area contributed by atoms with Crippen molar-refractivity contribution in [3.63, 3.8) is 0 Å². The van der Waals surface area contributed by atoms with Gasteiger partial charge in [-0.15, -0.1) is 0 Å². The summed E-state index contributed by atoms with van der Waals surface area (Å²) < 4.78 is 2.12. The van der Waals surface area contributed by atoms with Gasteiger partial charge in [0, 0.05) is 49.9 Å². The largest absolute Gasteiger partial charge is 0.311 e. The molecule has 0 saturated carbocycles. The summed E-state index contributed by atoms with van der Waals surface area (Å²) in [6.45, 7) is 4.44. The van der Waals surface area contributed by atoms with Crippen LogP contribution in [0.3, 0.4) is 0 Å². The molecule has 3 aliphatic rings. The molecule has 1 unspecified atom stereocenters. The normalized spacial score (nSPS) is 26.0. The maximum atomic E-state index is 4.83. The maximum Gasteiger partial charge on any atom is 0.0926 e. The molecule has 0 amide bonds. The molecule has 3 aliphatic heterocycles. The zero-order valence-electron chi connectivity index (χ0n) is 17.2. The first-order valence-corrected chi connectivity index (χ1v) is 10.9. The Bertz CT molecular complexity index is 934. The van der Waals surface area contributed by atoms with Crippen LogP contribution in [-0.4, -0.2) is 40.4 Å². The number of aryl methyl sites for hydroxylation is 1. The van der Waals surface area contributed by atoms with Crippen LogP contribution in [0.2, 0.25) is 0 Å². The highest BCUT2D eigenvalue weighted by molar-refractivity contribution is 5.59. The number of hydrogen-bond acceptors (Lipinski definition) is 3. The molecule has 6 rings (SSSR count). The Kier molecular flexibility index (Phi) is 5.21. The van der Waals surface area contributed by atoms with Crippen molar-refractivity contribution in [3.05, 3.63) is 78.0 Å². The lowest BCUT2D eigenvalue weighted by molar-refractivity contribution is 0.0282. The Hall–Kier alpha value is -2.43. The molecule has 4 heterocycles. The quantitative estimate of drug-likeness (QED) is 0.694. The van der Waals surface area contributed by atoms with E-state index in [-0.39, 0.29) is 0 Å². The van der Waals surface area contributed by atoms with Gasteiger partial charge in [0.25, 0.3) is 0 Å². The number of hydrogen-bond donors (Lipinski definition) is 1. The first-order chi connectivity index (χ1) is 14.3. The maximum absolute atomic E-state index is 4.83. The lowest BCUT2D eigenvalue weighted by atomic mass is 9.74. The summed E-state index contributed by atoms with van der Waals surface area (Å²) in [5.41, 5.74) is 5.07. The number of nitrogens with zero attached hydrogens (tertiary/aromatic N) is 3. The van der Waals surface area contributed by atoms with Crippen LogP contribution < -0.4 is 5.32 Å². The highest BCUT2D eigenvalue weighted by Crippen LogP contribution is 2.42. The minimum Gasteiger partial charge on any atom is -0.311 e. The fourth-order valence-electron chi connectivity index (χ4n) is 5.24. The molecule has 3 fully saturated rings. The predicted octanol–water partition coefficient (Wildman–Crippen LogP) is 4.05. The smallest absolute Gasteiger partial charge is 0.0926 e. The van der Waals surface area contributed by atoms with Crippen LogP contribution in [0.1, 0.15) is 30.0 Å². The van der Waals surface area contributed by atoms with Gasteiger partial charge in [0.2, 0.25) is 0 Å². The zero-order valence-corrected chi connectivity index (χ0v) is 17.2. The van der Waals surface area contributed by atoms with Crippen molar-refractivity contribution in [1.29, 1.82) is 0 Å². The number of benzene rings is 2. The molecular weight excluding hydrogens is 356 g/mol. The van der Waals surface area contributed by atoms with Gasteiger partial charge >= 0.3 is 0 Å². The summed E-state index contributed by atoms with van der Waals surface area (Å²) in [7, 11) is 2.11. The Morgan fingerprint density at radius 3 is 2.52 bits per heavy atom. The summed E-state index contributed by atoms with van der Waals surface area (Å²) in [5.74, 6) is 1.37. The van der Waals surface area contributed by atoms with Crippen molar-refractivity contribution in [2.75, 3.05) is 19.6 Å². The molecule has 4 heteroatoms. The molecule has 29 heavy (non-hydrogen) atoms. The topological polar surface area (TPSA) is 33.1 Å². The monoisotopic (exact) mass is 386 g/mol. The Morgan fingerprint density at radius 1 is 1.03 bits per heavy atom. The third-order valence-electron chi connectivity index (χ3n) is 6.80. The first-order valence-electron chi connectivity index (χ1n) is 10.9. The molecule has 0 spiro atoms. The van der Waals surface area contributed by atoms with E-state index in [2.05, 4.69) is 88.7 Å². The molecule has 2 bridgehead atoms. The predicted molar refractivity (Wildman–Crippen MR) is 118 cm³/mol. The lowest BCUT2D eigenvalue weighted by Crippen LogP contribution is -2.55. The Labute approximate surface area is 173 Å². The van der Waals surface area contributed by atoms with Gasteiger partial charge in [-0.05, 0) is 36.9 Å². The van der Waals surface area contributed by atoms with Crippen LogP contribution >= 0.6 is 0 Å². The second-order valence-electron chi connectivity index (χ2n) is 8.60. The summed E-state index contributed by atoms with van der Waals surface area (Å²) >= 11 is 0. The van der Waals surface area contributed by atoms with Crippen molar-refractivity contribution in [1.82, 2.24) is 20.0 Å². The van der Waals surface area contributed by atoms with Crippen LogP contribution in [0, 0.1) is 5.92 Å². The van der Waals surface area contributed by atoms with Gasteiger partial charge < -0.3 is 5.32 Å². The highest BCUT2D eigenvalue weighted by atomic mass is 15.3. The van der Waals surface area contributed by atoms with Crippen LogP contribution in [0.5, 0.6) is 0 Å². The summed E-state index contributed by atoms with van der Waals surface area (Å²) in [5, 5.41) is 8.52. The standard InChI is InChI=1S/C25H30N4/c1-28-25(15-24(27-28)20-10-6-3-7-11-20)23-18-29-13-12-21(23)14-22(29)17-26-16-19-8-4-2-5-9-19/h2-11,15,21-23,26H,12-14,16-18H2,1H3/t21-,22+,23-/m0/s1. The van der Waals surface area contributed by atoms with E-state index in [4.69, 9.17) is 5.10 Å². The Morgan fingerprint density at radius 2 is 1.79 bits per heavy atom. The van der Waals surface area contributed by atoms with Crippen molar-refractivity contribution in [2.24, 2.45) is 13.0 Å². The van der Waals surface area contributed by atoms with Crippen LogP contribution in [0.25, 0.3) is 11.3 Å². The molecule has 4 nitrogen and oxygen atoms in total. The molecule has 3 saturated heterocycles. The number of nitrogens with one attached hydrogen (secondary N) is 1. The van der Waals surface area contributed by atoms with Crippen molar-refractivity contribution in [3.8, 4) is 11.3 Å². The minimum absolute atomic E-state index is 0.601. The van der Waals surface area contributed by atoms with Crippen molar-refractivity contribution >= 4 is 0 Å². The lowest BCUT2D eigenvalue weighted by Gasteiger charge is -2.50. The molecule has 0 aliphatic carbocycles. The van der Waals surface area contributed by atoms with Crippen molar-refractivity contribution in [2.45, 2.75) is 31.3 Å². The fourth-order valence-corrected chi connectivity index (χ4v) is 5.24. The fraction of sp³-hybridized carbons (Fsp3) is 0.400. The summed E-state index contributed by atoms with van der Waals surface area (Å²) in [6, 6.07) is 24.2. The molecule has 0 radical (unpaired) electrons.